The molecule has 0 aromatic carbocycles. The smallest absolute Gasteiger partial charge is 0.136 e. The van der Waals surface area contributed by atoms with Crippen LogP contribution in [0.2, 0.25) is 0 Å². The zero-order valence-corrected chi connectivity index (χ0v) is 11.1. The Hall–Kier alpha value is -0.330. The summed E-state index contributed by atoms with van der Waals surface area (Å²) >= 11 is 0. The maximum absolute atomic E-state index is 12.0. The van der Waals surface area contributed by atoms with E-state index in [0.29, 0.717) is 17.1 Å². The highest BCUT2D eigenvalue weighted by molar-refractivity contribution is 5.82. The van der Waals surface area contributed by atoms with Crippen LogP contribution in [0.25, 0.3) is 0 Å². The Bertz CT molecular complexity index is 271. The summed E-state index contributed by atoms with van der Waals surface area (Å²) in [6.45, 7) is 7.06. The number of hydrogen-bond acceptors (Lipinski definition) is 1. The van der Waals surface area contributed by atoms with Gasteiger partial charge in [0.25, 0.3) is 0 Å². The molecule has 0 unspecified atom stereocenters. The Labute approximate surface area is 100.0 Å². The third-order valence-electron chi connectivity index (χ3n) is 5.40. The topological polar surface area (TPSA) is 17.1 Å². The van der Waals surface area contributed by atoms with Gasteiger partial charge in [0.1, 0.15) is 5.78 Å². The maximum Gasteiger partial charge on any atom is 0.136 e. The first-order valence-electron chi connectivity index (χ1n) is 7.09. The molecule has 16 heavy (non-hydrogen) atoms. The molecule has 2 fully saturated rings. The van der Waals surface area contributed by atoms with E-state index in [1.54, 1.807) is 0 Å². The normalized spacial score (nSPS) is 41.6. The molecule has 2 rings (SSSR count). The fourth-order valence-electron chi connectivity index (χ4n) is 4.06. The molecular weight excluding hydrogens is 196 g/mol. The van der Waals surface area contributed by atoms with Gasteiger partial charge in [-0.05, 0) is 49.4 Å². The quantitative estimate of drug-likeness (QED) is 0.684. The third kappa shape index (κ3) is 2.06. The molecule has 0 aliphatic heterocycles. The summed E-state index contributed by atoms with van der Waals surface area (Å²) in [6, 6.07) is 0. The molecular formula is C15H26O. The second kappa shape index (κ2) is 4.50. The Morgan fingerprint density at radius 2 is 2.19 bits per heavy atom. The van der Waals surface area contributed by atoms with Crippen LogP contribution in [-0.2, 0) is 4.79 Å². The first kappa shape index (κ1) is 12.1. The highest BCUT2D eigenvalue weighted by atomic mass is 16.1. The highest BCUT2D eigenvalue weighted by Crippen LogP contribution is 2.52. The van der Waals surface area contributed by atoms with Gasteiger partial charge >= 0.3 is 0 Å². The number of carbonyl (C=O) groups excluding carboxylic acids is 1. The van der Waals surface area contributed by atoms with Crippen LogP contribution < -0.4 is 0 Å². The minimum Gasteiger partial charge on any atom is -0.299 e. The van der Waals surface area contributed by atoms with Crippen LogP contribution in [0.4, 0.5) is 0 Å². The van der Waals surface area contributed by atoms with Crippen LogP contribution in [-0.4, -0.2) is 5.78 Å². The van der Waals surface area contributed by atoms with E-state index in [4.69, 9.17) is 0 Å². The number of Topliss-reactive ketones (excluding diaryl/α,β-unsaturated/α-hetero) is 1. The molecule has 2 aliphatic carbocycles. The molecule has 0 aromatic rings. The van der Waals surface area contributed by atoms with Crippen LogP contribution >= 0.6 is 0 Å². The van der Waals surface area contributed by atoms with E-state index < -0.39 is 0 Å². The van der Waals surface area contributed by atoms with Crippen LogP contribution in [0.15, 0.2) is 0 Å². The van der Waals surface area contributed by atoms with E-state index in [9.17, 15) is 4.79 Å². The predicted molar refractivity (Wildman–Crippen MR) is 67.3 cm³/mol. The van der Waals surface area contributed by atoms with Gasteiger partial charge in [-0.25, -0.2) is 0 Å². The van der Waals surface area contributed by atoms with Crippen molar-refractivity contribution in [1.29, 1.82) is 0 Å². The number of fused-ring (bicyclic) bond motifs is 1. The number of carbonyl (C=O) groups is 1. The fraction of sp³-hybridized carbons (Fsp3) is 0.933. The predicted octanol–water partition coefficient (Wildman–Crippen LogP) is 4.21. The van der Waals surface area contributed by atoms with Crippen molar-refractivity contribution in [2.24, 2.45) is 23.2 Å². The van der Waals surface area contributed by atoms with Crippen molar-refractivity contribution < 1.29 is 4.79 Å². The molecule has 1 heteroatoms. The first-order chi connectivity index (χ1) is 7.57. The zero-order valence-electron chi connectivity index (χ0n) is 11.1. The molecule has 0 aromatic heterocycles. The van der Waals surface area contributed by atoms with Crippen molar-refractivity contribution in [3.8, 4) is 0 Å². The Morgan fingerprint density at radius 1 is 1.44 bits per heavy atom. The van der Waals surface area contributed by atoms with Crippen molar-refractivity contribution in [1.82, 2.24) is 0 Å². The summed E-state index contributed by atoms with van der Waals surface area (Å²) in [5.74, 6) is 2.69. The molecule has 0 spiro atoms. The van der Waals surface area contributed by atoms with Crippen molar-refractivity contribution in [2.45, 2.75) is 65.7 Å². The summed E-state index contributed by atoms with van der Waals surface area (Å²) in [6.07, 6.45) is 8.34. The number of hydrogen-bond donors (Lipinski definition) is 0. The van der Waals surface area contributed by atoms with Gasteiger partial charge in [0.05, 0.1) is 0 Å². The van der Waals surface area contributed by atoms with Gasteiger partial charge in [0.15, 0.2) is 0 Å². The molecule has 0 N–H and O–H groups in total. The van der Waals surface area contributed by atoms with E-state index >= 15 is 0 Å². The number of rotatable bonds is 2. The monoisotopic (exact) mass is 222 g/mol. The molecule has 0 heterocycles. The van der Waals surface area contributed by atoms with Gasteiger partial charge in [0, 0.05) is 12.3 Å². The summed E-state index contributed by atoms with van der Waals surface area (Å²) < 4.78 is 0. The highest BCUT2D eigenvalue weighted by Gasteiger charge is 2.46. The van der Waals surface area contributed by atoms with Crippen LogP contribution in [0.1, 0.15) is 65.7 Å². The lowest BCUT2D eigenvalue weighted by atomic mass is 9.56. The van der Waals surface area contributed by atoms with Crippen LogP contribution in [0.3, 0.4) is 0 Å². The van der Waals surface area contributed by atoms with E-state index in [2.05, 4.69) is 20.8 Å². The molecule has 92 valence electrons. The minimum atomic E-state index is 0.349. The van der Waals surface area contributed by atoms with Gasteiger partial charge in [-0.1, -0.05) is 27.2 Å². The Morgan fingerprint density at radius 3 is 2.88 bits per heavy atom. The standard InChI is InChI=1S/C15H26O/c1-4-11(2)12-7-8-13-14(16)6-5-9-15(13,3)10-12/h11-13H,4-10H2,1-3H3/t11-,12-,13+,15-/m1/s1. The van der Waals surface area contributed by atoms with Gasteiger partial charge < -0.3 is 0 Å². The van der Waals surface area contributed by atoms with Crippen LogP contribution in [0.5, 0.6) is 0 Å². The second-order valence-electron chi connectivity index (χ2n) is 6.45. The molecule has 0 bridgehead atoms. The van der Waals surface area contributed by atoms with E-state index in [0.717, 1.165) is 24.7 Å². The van der Waals surface area contributed by atoms with E-state index in [1.165, 1.54) is 32.1 Å². The lowest BCUT2D eigenvalue weighted by Gasteiger charge is -2.48. The molecule has 0 amide bonds. The largest absolute Gasteiger partial charge is 0.299 e. The fourth-order valence-corrected chi connectivity index (χ4v) is 4.06. The summed E-state index contributed by atoms with van der Waals surface area (Å²) in [5, 5.41) is 0. The molecule has 1 nitrogen and oxygen atoms in total. The lowest BCUT2D eigenvalue weighted by molar-refractivity contribution is -0.134. The Balaban J connectivity index is 2.09. The average molecular weight is 222 g/mol. The second-order valence-corrected chi connectivity index (χ2v) is 6.45. The molecule has 0 radical (unpaired) electrons. The van der Waals surface area contributed by atoms with Crippen molar-refractivity contribution in [3.05, 3.63) is 0 Å². The third-order valence-corrected chi connectivity index (χ3v) is 5.40. The average Bonchev–Trinajstić information content (AvgIpc) is 2.27. The van der Waals surface area contributed by atoms with E-state index in [-0.39, 0.29) is 0 Å². The zero-order chi connectivity index (χ0) is 11.8. The van der Waals surface area contributed by atoms with Crippen molar-refractivity contribution in [2.75, 3.05) is 0 Å². The minimum absolute atomic E-state index is 0.349. The number of ketones is 1. The van der Waals surface area contributed by atoms with Gasteiger partial charge in [-0.2, -0.15) is 0 Å². The van der Waals surface area contributed by atoms with E-state index in [1.807, 2.05) is 0 Å². The summed E-state index contributed by atoms with van der Waals surface area (Å²) in [7, 11) is 0. The molecule has 0 saturated heterocycles. The van der Waals surface area contributed by atoms with Gasteiger partial charge in [-0.15, -0.1) is 0 Å². The van der Waals surface area contributed by atoms with Crippen molar-refractivity contribution >= 4 is 5.78 Å². The maximum atomic E-state index is 12.0. The summed E-state index contributed by atoms with van der Waals surface area (Å²) in [5.41, 5.74) is 0.349. The Kier molecular flexibility index (Phi) is 3.42. The molecule has 2 aliphatic rings. The molecule has 4 atom stereocenters. The lowest BCUT2D eigenvalue weighted by Crippen LogP contribution is -2.43. The van der Waals surface area contributed by atoms with Crippen molar-refractivity contribution in [3.63, 3.8) is 0 Å². The SMILES string of the molecule is CC[C@@H](C)[C@@H]1CC[C@H]2C(=O)CCC[C@]2(C)C1. The summed E-state index contributed by atoms with van der Waals surface area (Å²) in [4.78, 5) is 12.0. The first-order valence-corrected chi connectivity index (χ1v) is 7.09. The molecule has 2 saturated carbocycles. The van der Waals surface area contributed by atoms with Crippen LogP contribution in [0, 0.1) is 23.2 Å². The van der Waals surface area contributed by atoms with Gasteiger partial charge in [0.2, 0.25) is 0 Å². The van der Waals surface area contributed by atoms with Gasteiger partial charge in [-0.3, -0.25) is 4.79 Å².